The average molecular weight is 270 g/mol. The Balaban J connectivity index is 1.72. The minimum atomic E-state index is -1.05. The first-order valence-electron chi connectivity index (χ1n) is 6.51. The summed E-state index contributed by atoms with van der Waals surface area (Å²) in [6.45, 7) is 1.45. The number of hydrogen-bond donors (Lipinski definition) is 2. The Morgan fingerprint density at radius 1 is 1.16 bits per heavy atom. The maximum Gasteiger partial charge on any atom is 0.332 e. The van der Waals surface area contributed by atoms with Crippen LogP contribution < -0.4 is 5.32 Å². The monoisotopic (exact) mass is 270 g/mol. The van der Waals surface area contributed by atoms with Crippen LogP contribution in [0.25, 0.3) is 0 Å². The van der Waals surface area contributed by atoms with E-state index in [1.165, 1.54) is 0 Å². The van der Waals surface area contributed by atoms with Gasteiger partial charge in [-0.2, -0.15) is 0 Å². The predicted octanol–water partition coefficient (Wildman–Crippen LogP) is -0.643. The summed E-state index contributed by atoms with van der Waals surface area (Å²) in [6, 6.07) is 0. The summed E-state index contributed by atoms with van der Waals surface area (Å²) in [5, 5.41) is 11.3. The number of aliphatic carboxylic acids is 1. The number of carboxylic acid groups (broad SMARTS) is 1. The highest BCUT2D eigenvalue weighted by Crippen LogP contribution is 2.19. The van der Waals surface area contributed by atoms with Crippen LogP contribution in [-0.2, 0) is 19.1 Å². The SMILES string of the molecule is O=C(O)C1CCC(C(=O)NCC(=O)N2CCCC2)O1. The van der Waals surface area contributed by atoms with E-state index in [9.17, 15) is 14.4 Å². The molecule has 2 fully saturated rings. The quantitative estimate of drug-likeness (QED) is 0.708. The van der Waals surface area contributed by atoms with Crippen LogP contribution in [0.3, 0.4) is 0 Å². The van der Waals surface area contributed by atoms with Crippen LogP contribution in [0, 0.1) is 0 Å². The van der Waals surface area contributed by atoms with Gasteiger partial charge in [0, 0.05) is 13.1 Å². The second-order valence-electron chi connectivity index (χ2n) is 4.83. The molecule has 2 amide bonds. The molecule has 2 aliphatic heterocycles. The Bertz CT molecular complexity index is 378. The van der Waals surface area contributed by atoms with E-state index in [0.717, 1.165) is 25.9 Å². The van der Waals surface area contributed by atoms with Crippen molar-refractivity contribution in [2.24, 2.45) is 0 Å². The van der Waals surface area contributed by atoms with E-state index in [2.05, 4.69) is 5.32 Å². The van der Waals surface area contributed by atoms with Crippen molar-refractivity contribution in [3.8, 4) is 0 Å². The first-order chi connectivity index (χ1) is 9.08. The van der Waals surface area contributed by atoms with Gasteiger partial charge in [0.1, 0.15) is 6.10 Å². The van der Waals surface area contributed by atoms with Gasteiger partial charge in [-0.25, -0.2) is 4.79 Å². The Morgan fingerprint density at radius 2 is 1.79 bits per heavy atom. The van der Waals surface area contributed by atoms with E-state index < -0.39 is 24.1 Å². The van der Waals surface area contributed by atoms with Gasteiger partial charge in [-0.05, 0) is 25.7 Å². The maximum atomic E-state index is 11.7. The van der Waals surface area contributed by atoms with Gasteiger partial charge in [0.05, 0.1) is 6.54 Å². The Labute approximate surface area is 110 Å². The summed E-state index contributed by atoms with van der Waals surface area (Å²) in [5.41, 5.74) is 0. The zero-order valence-corrected chi connectivity index (χ0v) is 10.6. The molecule has 0 aromatic heterocycles. The largest absolute Gasteiger partial charge is 0.479 e. The van der Waals surface area contributed by atoms with Crippen LogP contribution in [0.5, 0.6) is 0 Å². The molecule has 0 aromatic carbocycles. The molecule has 0 aliphatic carbocycles. The minimum absolute atomic E-state index is 0.0452. The van der Waals surface area contributed by atoms with Crippen molar-refractivity contribution in [3.63, 3.8) is 0 Å². The Morgan fingerprint density at radius 3 is 2.37 bits per heavy atom. The summed E-state index contributed by atoms with van der Waals surface area (Å²) < 4.78 is 5.11. The molecule has 0 aromatic rings. The maximum absolute atomic E-state index is 11.7. The highest BCUT2D eigenvalue weighted by Gasteiger charge is 2.34. The zero-order valence-electron chi connectivity index (χ0n) is 10.6. The lowest BCUT2D eigenvalue weighted by atomic mass is 10.2. The summed E-state index contributed by atoms with van der Waals surface area (Å²) in [6.07, 6.45) is 1.04. The van der Waals surface area contributed by atoms with Crippen molar-refractivity contribution in [1.82, 2.24) is 10.2 Å². The number of nitrogens with zero attached hydrogens (tertiary/aromatic N) is 1. The van der Waals surface area contributed by atoms with Crippen molar-refractivity contribution < 1.29 is 24.2 Å². The zero-order chi connectivity index (χ0) is 13.8. The van der Waals surface area contributed by atoms with Crippen LogP contribution in [0.2, 0.25) is 0 Å². The number of hydrogen-bond acceptors (Lipinski definition) is 4. The van der Waals surface area contributed by atoms with E-state index in [1.807, 2.05) is 0 Å². The van der Waals surface area contributed by atoms with Gasteiger partial charge in [0.25, 0.3) is 0 Å². The molecule has 7 nitrogen and oxygen atoms in total. The number of amides is 2. The third-order valence-corrected chi connectivity index (χ3v) is 3.46. The average Bonchev–Trinajstić information content (AvgIpc) is 3.05. The molecule has 2 atom stereocenters. The van der Waals surface area contributed by atoms with E-state index in [-0.39, 0.29) is 12.5 Å². The number of carboxylic acids is 1. The third-order valence-electron chi connectivity index (χ3n) is 3.46. The molecule has 2 saturated heterocycles. The molecule has 2 aliphatic rings. The van der Waals surface area contributed by atoms with Crippen molar-refractivity contribution in [1.29, 1.82) is 0 Å². The van der Waals surface area contributed by atoms with Crippen LogP contribution in [-0.4, -0.2) is 59.6 Å². The van der Waals surface area contributed by atoms with Gasteiger partial charge in [-0.3, -0.25) is 9.59 Å². The smallest absolute Gasteiger partial charge is 0.332 e. The molecule has 2 unspecified atom stereocenters. The molecule has 19 heavy (non-hydrogen) atoms. The van der Waals surface area contributed by atoms with Crippen LogP contribution >= 0.6 is 0 Å². The lowest BCUT2D eigenvalue weighted by molar-refractivity contribution is -0.152. The molecular formula is C12H18N2O5. The van der Waals surface area contributed by atoms with Gasteiger partial charge in [-0.15, -0.1) is 0 Å². The first-order valence-corrected chi connectivity index (χ1v) is 6.51. The summed E-state index contributed by atoms with van der Waals surface area (Å²) >= 11 is 0. The van der Waals surface area contributed by atoms with Gasteiger partial charge < -0.3 is 20.1 Å². The summed E-state index contributed by atoms with van der Waals surface area (Å²) in [5.74, 6) is -1.56. The van der Waals surface area contributed by atoms with E-state index in [1.54, 1.807) is 4.90 Å². The predicted molar refractivity (Wildman–Crippen MR) is 64.4 cm³/mol. The van der Waals surface area contributed by atoms with Crippen molar-refractivity contribution in [2.75, 3.05) is 19.6 Å². The minimum Gasteiger partial charge on any atom is -0.479 e. The molecule has 2 N–H and O–H groups in total. The van der Waals surface area contributed by atoms with E-state index in [4.69, 9.17) is 9.84 Å². The van der Waals surface area contributed by atoms with Crippen molar-refractivity contribution >= 4 is 17.8 Å². The molecule has 7 heteroatoms. The number of likely N-dealkylation sites (tertiary alicyclic amines) is 1. The molecule has 0 radical (unpaired) electrons. The highest BCUT2D eigenvalue weighted by molar-refractivity contribution is 5.87. The molecular weight excluding hydrogens is 252 g/mol. The highest BCUT2D eigenvalue weighted by atomic mass is 16.5. The van der Waals surface area contributed by atoms with Gasteiger partial charge in [-0.1, -0.05) is 0 Å². The van der Waals surface area contributed by atoms with Gasteiger partial charge >= 0.3 is 5.97 Å². The molecule has 0 bridgehead atoms. The van der Waals surface area contributed by atoms with Crippen LogP contribution in [0.15, 0.2) is 0 Å². The van der Waals surface area contributed by atoms with Crippen molar-refractivity contribution in [3.05, 3.63) is 0 Å². The number of rotatable bonds is 4. The number of nitrogens with one attached hydrogen (secondary N) is 1. The topological polar surface area (TPSA) is 95.9 Å². The molecule has 106 valence electrons. The van der Waals surface area contributed by atoms with E-state index >= 15 is 0 Å². The van der Waals surface area contributed by atoms with Crippen molar-refractivity contribution in [2.45, 2.75) is 37.9 Å². The fourth-order valence-corrected chi connectivity index (χ4v) is 2.37. The van der Waals surface area contributed by atoms with Gasteiger partial charge in [0.15, 0.2) is 6.10 Å². The molecule has 0 spiro atoms. The van der Waals surface area contributed by atoms with Gasteiger partial charge in [0.2, 0.25) is 11.8 Å². The molecule has 2 heterocycles. The normalized spacial score (nSPS) is 26.4. The number of ether oxygens (including phenoxy) is 1. The summed E-state index contributed by atoms with van der Waals surface area (Å²) in [7, 11) is 0. The lowest BCUT2D eigenvalue weighted by Gasteiger charge is -2.16. The lowest BCUT2D eigenvalue weighted by Crippen LogP contribution is -2.42. The van der Waals surface area contributed by atoms with E-state index in [0.29, 0.717) is 12.8 Å². The second-order valence-corrected chi connectivity index (χ2v) is 4.83. The standard InChI is InChI=1S/C12H18N2O5/c15-10(14-5-1-2-6-14)7-13-11(16)8-3-4-9(19-8)12(17)18/h8-9H,1-7H2,(H,13,16)(H,17,18). The molecule has 2 rings (SSSR count). The Hall–Kier alpha value is -1.63. The third kappa shape index (κ3) is 3.44. The summed E-state index contributed by atoms with van der Waals surface area (Å²) in [4.78, 5) is 35.9. The van der Waals surface area contributed by atoms with Crippen LogP contribution in [0.4, 0.5) is 0 Å². The Kier molecular flexibility index (Phi) is 4.36. The van der Waals surface area contributed by atoms with Crippen LogP contribution in [0.1, 0.15) is 25.7 Å². The second kappa shape index (κ2) is 6.01. The fraction of sp³-hybridized carbons (Fsp3) is 0.750. The first kappa shape index (κ1) is 13.8. The fourth-order valence-electron chi connectivity index (χ4n) is 2.37. The molecule has 0 saturated carbocycles. The number of carbonyl (C=O) groups excluding carboxylic acids is 2. The number of carbonyl (C=O) groups is 3.